The summed E-state index contributed by atoms with van der Waals surface area (Å²) in [7, 11) is 0. The normalized spacial score (nSPS) is 25.4. The zero-order chi connectivity index (χ0) is 11.9. The molecule has 1 amide bonds. The third-order valence-corrected chi connectivity index (χ3v) is 3.47. The fourth-order valence-electron chi connectivity index (χ4n) is 2.27. The van der Waals surface area contributed by atoms with Gasteiger partial charge in [-0.15, -0.1) is 0 Å². The van der Waals surface area contributed by atoms with E-state index in [0.29, 0.717) is 6.54 Å². The van der Waals surface area contributed by atoms with Crippen molar-refractivity contribution in [1.29, 1.82) is 0 Å². The average Bonchev–Trinajstić information content (AvgIpc) is 2.40. The van der Waals surface area contributed by atoms with Gasteiger partial charge in [0.25, 0.3) is 0 Å². The summed E-state index contributed by atoms with van der Waals surface area (Å²) in [5.74, 6) is 0.359. The summed E-state index contributed by atoms with van der Waals surface area (Å²) in [5, 5.41) is 9.75. The van der Waals surface area contributed by atoms with Crippen LogP contribution in [0.15, 0.2) is 22.2 Å². The first-order valence-corrected chi connectivity index (χ1v) is 6.24. The molecule has 4 heteroatoms. The second kappa shape index (κ2) is 4.00. The molecule has 1 atom stereocenters. The Bertz CT molecular complexity index is 379. The van der Waals surface area contributed by atoms with Gasteiger partial charge in [-0.2, -0.15) is 0 Å². The van der Waals surface area contributed by atoms with Gasteiger partial charge in [0.15, 0.2) is 0 Å². The molecule has 1 fully saturated rings. The lowest BCUT2D eigenvalue weighted by Crippen LogP contribution is -2.39. The second-order valence-electron chi connectivity index (χ2n) is 5.13. The van der Waals surface area contributed by atoms with Crippen LogP contribution >= 0.6 is 15.9 Å². The maximum absolute atomic E-state index is 12.0. The second-order valence-corrected chi connectivity index (χ2v) is 6.15. The molecule has 0 aromatic heterocycles. The Labute approximate surface area is 104 Å². The highest BCUT2D eigenvalue weighted by Crippen LogP contribution is 2.35. The molecule has 0 aromatic rings. The lowest BCUT2D eigenvalue weighted by Gasteiger charge is -2.25. The highest BCUT2D eigenvalue weighted by Gasteiger charge is 2.37. The van der Waals surface area contributed by atoms with E-state index in [1.807, 2.05) is 12.2 Å². The predicted octanol–water partition coefficient (Wildman–Crippen LogP) is 1.82. The van der Waals surface area contributed by atoms with E-state index in [-0.39, 0.29) is 11.8 Å². The van der Waals surface area contributed by atoms with E-state index in [4.69, 9.17) is 0 Å². The molecule has 2 rings (SSSR count). The van der Waals surface area contributed by atoms with Crippen LogP contribution in [0.4, 0.5) is 0 Å². The molecular weight excluding hydrogens is 270 g/mol. The summed E-state index contributed by atoms with van der Waals surface area (Å²) >= 11 is 3.46. The topological polar surface area (TPSA) is 40.5 Å². The maximum atomic E-state index is 12.0. The number of carbonyl (C=O) groups is 1. The van der Waals surface area contributed by atoms with Crippen molar-refractivity contribution in [2.75, 3.05) is 13.1 Å². The van der Waals surface area contributed by atoms with E-state index in [2.05, 4.69) is 15.9 Å². The van der Waals surface area contributed by atoms with Gasteiger partial charge in [-0.3, -0.25) is 4.79 Å². The van der Waals surface area contributed by atoms with Crippen LogP contribution in [0.1, 0.15) is 20.3 Å². The van der Waals surface area contributed by atoms with Crippen molar-refractivity contribution in [2.24, 2.45) is 5.92 Å². The van der Waals surface area contributed by atoms with Gasteiger partial charge in [0.1, 0.15) is 0 Å². The van der Waals surface area contributed by atoms with Crippen LogP contribution in [0.3, 0.4) is 0 Å². The molecule has 0 radical (unpaired) electrons. The van der Waals surface area contributed by atoms with E-state index in [9.17, 15) is 9.90 Å². The molecule has 1 aliphatic carbocycles. The highest BCUT2D eigenvalue weighted by atomic mass is 79.9. The molecule has 2 aliphatic rings. The number of likely N-dealkylation sites (tertiary alicyclic amines) is 1. The average molecular weight is 286 g/mol. The molecule has 0 aromatic carbocycles. The summed E-state index contributed by atoms with van der Waals surface area (Å²) in [6.45, 7) is 4.57. The first-order chi connectivity index (χ1) is 7.37. The summed E-state index contributed by atoms with van der Waals surface area (Å²) in [6.07, 6.45) is 4.72. The van der Waals surface area contributed by atoms with Gasteiger partial charge in [0.2, 0.25) is 5.91 Å². The molecule has 0 bridgehead atoms. The summed E-state index contributed by atoms with van der Waals surface area (Å²) in [4.78, 5) is 13.8. The lowest BCUT2D eigenvalue weighted by molar-refractivity contribution is -0.127. The Morgan fingerprint density at radius 3 is 2.88 bits per heavy atom. The number of carbonyl (C=O) groups excluding carboxylic acids is 1. The van der Waals surface area contributed by atoms with Gasteiger partial charge < -0.3 is 10.0 Å². The minimum absolute atomic E-state index is 0.0726. The summed E-state index contributed by atoms with van der Waals surface area (Å²) in [5.41, 5.74) is 0.0569. The van der Waals surface area contributed by atoms with E-state index in [0.717, 1.165) is 23.0 Å². The van der Waals surface area contributed by atoms with Gasteiger partial charge >= 0.3 is 0 Å². The molecular formula is C12H16BrNO2. The number of amides is 1. The van der Waals surface area contributed by atoms with Crippen molar-refractivity contribution in [3.8, 4) is 0 Å². The van der Waals surface area contributed by atoms with Gasteiger partial charge in [-0.1, -0.05) is 28.1 Å². The highest BCUT2D eigenvalue weighted by molar-refractivity contribution is 9.11. The number of β-amino-alcohol motifs (C(OH)–C–C–N with tert-alkyl or cyclic N) is 1. The van der Waals surface area contributed by atoms with Gasteiger partial charge in [-0.05, 0) is 24.8 Å². The largest absolute Gasteiger partial charge is 0.389 e. The number of hydrogen-bond donors (Lipinski definition) is 1. The third-order valence-electron chi connectivity index (χ3n) is 2.88. The minimum atomic E-state index is -0.825. The monoisotopic (exact) mass is 285 g/mol. The van der Waals surface area contributed by atoms with Crippen molar-refractivity contribution in [2.45, 2.75) is 25.9 Å². The molecule has 16 heavy (non-hydrogen) atoms. The van der Waals surface area contributed by atoms with Crippen molar-refractivity contribution >= 4 is 21.8 Å². The van der Waals surface area contributed by atoms with Crippen LogP contribution in [0, 0.1) is 5.92 Å². The fraction of sp³-hybridized carbons (Fsp3) is 0.583. The van der Waals surface area contributed by atoms with E-state index in [1.54, 1.807) is 18.7 Å². The molecule has 1 N–H and O–H groups in total. The summed E-state index contributed by atoms with van der Waals surface area (Å²) < 4.78 is 1.14. The van der Waals surface area contributed by atoms with Crippen LogP contribution in [0.25, 0.3) is 0 Å². The van der Waals surface area contributed by atoms with E-state index in [1.165, 1.54) is 0 Å². The number of rotatable bonds is 2. The number of fused-ring (bicyclic) bond motifs is 1. The maximum Gasteiger partial charge on any atom is 0.250 e. The van der Waals surface area contributed by atoms with Crippen LogP contribution in [0.2, 0.25) is 0 Å². The molecule has 3 nitrogen and oxygen atoms in total. The standard InChI is InChI=1S/C12H16BrNO2/c1-12(2,16)7-14-6-8-5-9(13)3-4-10(8)11(14)15/h3-4,8,16H,5-7H2,1-2H3. The minimum Gasteiger partial charge on any atom is -0.389 e. The van der Waals surface area contributed by atoms with E-state index < -0.39 is 5.60 Å². The smallest absolute Gasteiger partial charge is 0.250 e. The Balaban J connectivity index is 2.13. The number of allylic oxidation sites excluding steroid dienone is 3. The van der Waals surface area contributed by atoms with Crippen molar-refractivity contribution < 1.29 is 9.90 Å². The van der Waals surface area contributed by atoms with Crippen LogP contribution < -0.4 is 0 Å². The zero-order valence-corrected chi connectivity index (χ0v) is 11.1. The predicted molar refractivity (Wildman–Crippen MR) is 66.1 cm³/mol. The lowest BCUT2D eigenvalue weighted by atomic mass is 9.94. The number of nitrogens with zero attached hydrogens (tertiary/aromatic N) is 1. The van der Waals surface area contributed by atoms with Crippen LogP contribution in [-0.4, -0.2) is 34.6 Å². The Morgan fingerprint density at radius 2 is 2.25 bits per heavy atom. The molecule has 0 saturated carbocycles. The van der Waals surface area contributed by atoms with Gasteiger partial charge in [0.05, 0.1) is 5.60 Å². The molecule has 88 valence electrons. The molecule has 1 unspecified atom stereocenters. The van der Waals surface area contributed by atoms with Crippen molar-refractivity contribution in [1.82, 2.24) is 4.90 Å². The van der Waals surface area contributed by atoms with E-state index >= 15 is 0 Å². The van der Waals surface area contributed by atoms with Crippen LogP contribution in [-0.2, 0) is 4.79 Å². The van der Waals surface area contributed by atoms with Crippen molar-refractivity contribution in [3.63, 3.8) is 0 Å². The van der Waals surface area contributed by atoms with Crippen LogP contribution in [0.5, 0.6) is 0 Å². The molecule has 0 spiro atoms. The fourth-order valence-corrected chi connectivity index (χ4v) is 2.80. The number of aliphatic hydroxyl groups is 1. The molecule has 1 aliphatic heterocycles. The number of halogens is 1. The quantitative estimate of drug-likeness (QED) is 0.841. The zero-order valence-electron chi connectivity index (χ0n) is 9.53. The van der Waals surface area contributed by atoms with Gasteiger partial charge in [-0.25, -0.2) is 0 Å². The van der Waals surface area contributed by atoms with Gasteiger partial charge in [0, 0.05) is 24.6 Å². The first-order valence-electron chi connectivity index (χ1n) is 5.45. The number of hydrogen-bond acceptors (Lipinski definition) is 2. The molecule has 1 saturated heterocycles. The summed E-state index contributed by atoms with van der Waals surface area (Å²) in [6, 6.07) is 0. The SMILES string of the molecule is CC(C)(O)CN1CC2CC(Br)=CC=C2C1=O. The first kappa shape index (κ1) is 11.9. The Morgan fingerprint density at radius 1 is 1.56 bits per heavy atom. The van der Waals surface area contributed by atoms with Crippen molar-refractivity contribution in [3.05, 3.63) is 22.2 Å². The molecule has 1 heterocycles. The Hall–Kier alpha value is -0.610. The Kier molecular flexibility index (Phi) is 2.97. The third kappa shape index (κ3) is 2.38.